The van der Waals surface area contributed by atoms with E-state index in [2.05, 4.69) is 17.2 Å². The quantitative estimate of drug-likeness (QED) is 0.872. The molecule has 1 heterocycles. The van der Waals surface area contributed by atoms with Crippen molar-refractivity contribution in [3.05, 3.63) is 36.2 Å². The standard InChI is InChI=1S/C16H18N2O2/c1-11-6-7-12(10-11)17-15(19)8-9-16-18-13-4-2-3-5-14(13)20-16/h2-5,8-9,11-12H,6-7,10H2,1H3,(H,17,19)/b9-8+. The van der Waals surface area contributed by atoms with Gasteiger partial charge in [0.2, 0.25) is 11.8 Å². The molecule has 3 rings (SSSR count). The molecule has 4 nitrogen and oxygen atoms in total. The van der Waals surface area contributed by atoms with Gasteiger partial charge in [-0.3, -0.25) is 4.79 Å². The second kappa shape index (κ2) is 5.49. The molecule has 2 unspecified atom stereocenters. The van der Waals surface area contributed by atoms with E-state index >= 15 is 0 Å². The Kier molecular flexibility index (Phi) is 3.54. The monoisotopic (exact) mass is 270 g/mol. The van der Waals surface area contributed by atoms with Gasteiger partial charge >= 0.3 is 0 Å². The topological polar surface area (TPSA) is 55.1 Å². The molecule has 1 amide bonds. The van der Waals surface area contributed by atoms with Crippen molar-refractivity contribution in [2.75, 3.05) is 0 Å². The fraction of sp³-hybridized carbons (Fsp3) is 0.375. The molecule has 20 heavy (non-hydrogen) atoms. The van der Waals surface area contributed by atoms with Crippen LogP contribution in [-0.2, 0) is 4.79 Å². The predicted molar refractivity (Wildman–Crippen MR) is 78.0 cm³/mol. The third kappa shape index (κ3) is 2.90. The Hall–Kier alpha value is -2.10. The summed E-state index contributed by atoms with van der Waals surface area (Å²) in [5.41, 5.74) is 1.54. The Balaban J connectivity index is 1.62. The van der Waals surface area contributed by atoms with E-state index in [1.807, 2.05) is 24.3 Å². The number of carbonyl (C=O) groups excluding carboxylic acids is 1. The lowest BCUT2D eigenvalue weighted by Crippen LogP contribution is -2.31. The summed E-state index contributed by atoms with van der Waals surface area (Å²) < 4.78 is 5.53. The maximum absolute atomic E-state index is 11.8. The minimum atomic E-state index is -0.0774. The summed E-state index contributed by atoms with van der Waals surface area (Å²) in [5, 5.41) is 3.02. The van der Waals surface area contributed by atoms with Crippen LogP contribution in [0.25, 0.3) is 17.2 Å². The number of amides is 1. The normalized spacial score (nSPS) is 22.6. The summed E-state index contributed by atoms with van der Waals surface area (Å²) in [4.78, 5) is 16.1. The van der Waals surface area contributed by atoms with Crippen LogP contribution in [0, 0.1) is 5.92 Å². The van der Waals surface area contributed by atoms with Gasteiger partial charge in [0.15, 0.2) is 5.58 Å². The van der Waals surface area contributed by atoms with Gasteiger partial charge in [-0.2, -0.15) is 0 Å². The van der Waals surface area contributed by atoms with Crippen molar-refractivity contribution >= 4 is 23.1 Å². The van der Waals surface area contributed by atoms with Gasteiger partial charge in [0, 0.05) is 18.2 Å². The van der Waals surface area contributed by atoms with Gasteiger partial charge in [0.05, 0.1) is 0 Å². The van der Waals surface area contributed by atoms with Crippen molar-refractivity contribution in [3.8, 4) is 0 Å². The molecule has 2 aromatic rings. The van der Waals surface area contributed by atoms with E-state index in [0.29, 0.717) is 17.9 Å². The molecule has 0 saturated heterocycles. The van der Waals surface area contributed by atoms with Gasteiger partial charge < -0.3 is 9.73 Å². The largest absolute Gasteiger partial charge is 0.437 e. The van der Waals surface area contributed by atoms with Gasteiger partial charge in [-0.1, -0.05) is 19.1 Å². The highest BCUT2D eigenvalue weighted by molar-refractivity contribution is 5.91. The zero-order chi connectivity index (χ0) is 13.9. The lowest BCUT2D eigenvalue weighted by molar-refractivity contribution is -0.117. The van der Waals surface area contributed by atoms with Crippen molar-refractivity contribution in [3.63, 3.8) is 0 Å². The second-order valence-corrected chi connectivity index (χ2v) is 5.48. The molecule has 104 valence electrons. The molecule has 1 fully saturated rings. The number of para-hydroxylation sites is 2. The van der Waals surface area contributed by atoms with Crippen LogP contribution in [0.3, 0.4) is 0 Å². The van der Waals surface area contributed by atoms with E-state index in [1.165, 1.54) is 12.5 Å². The Labute approximate surface area is 117 Å². The van der Waals surface area contributed by atoms with Gasteiger partial charge in [0.25, 0.3) is 0 Å². The summed E-state index contributed by atoms with van der Waals surface area (Å²) in [7, 11) is 0. The van der Waals surface area contributed by atoms with E-state index in [-0.39, 0.29) is 5.91 Å². The van der Waals surface area contributed by atoms with Crippen molar-refractivity contribution in [2.24, 2.45) is 5.92 Å². The summed E-state index contributed by atoms with van der Waals surface area (Å²) in [6.45, 7) is 2.22. The number of benzene rings is 1. The van der Waals surface area contributed by atoms with E-state index in [0.717, 1.165) is 23.9 Å². The highest BCUT2D eigenvalue weighted by Crippen LogP contribution is 2.24. The lowest BCUT2D eigenvalue weighted by Gasteiger charge is -2.09. The average molecular weight is 270 g/mol. The molecule has 1 aromatic carbocycles. The second-order valence-electron chi connectivity index (χ2n) is 5.48. The average Bonchev–Trinajstić information content (AvgIpc) is 3.02. The Morgan fingerprint density at radius 3 is 3.00 bits per heavy atom. The molecule has 0 radical (unpaired) electrons. The molecule has 0 spiro atoms. The van der Waals surface area contributed by atoms with Gasteiger partial charge in [0.1, 0.15) is 5.52 Å². The van der Waals surface area contributed by atoms with Crippen molar-refractivity contribution in [2.45, 2.75) is 32.2 Å². The SMILES string of the molecule is CC1CCC(NC(=O)/C=C/c2nc3ccccc3o2)C1. The van der Waals surface area contributed by atoms with Crippen LogP contribution >= 0.6 is 0 Å². The van der Waals surface area contributed by atoms with Gasteiger partial charge in [-0.05, 0) is 37.3 Å². The summed E-state index contributed by atoms with van der Waals surface area (Å²) in [6, 6.07) is 7.86. The number of nitrogens with one attached hydrogen (secondary N) is 1. The van der Waals surface area contributed by atoms with Crippen LogP contribution in [0.5, 0.6) is 0 Å². The first-order valence-corrected chi connectivity index (χ1v) is 7.05. The number of oxazole rings is 1. The van der Waals surface area contributed by atoms with E-state index in [4.69, 9.17) is 4.42 Å². The van der Waals surface area contributed by atoms with Crippen LogP contribution in [0.4, 0.5) is 0 Å². The molecule has 1 aliphatic carbocycles. The van der Waals surface area contributed by atoms with E-state index in [1.54, 1.807) is 6.08 Å². The molecular formula is C16H18N2O2. The third-order valence-electron chi connectivity index (χ3n) is 3.73. The highest BCUT2D eigenvalue weighted by Gasteiger charge is 2.21. The lowest BCUT2D eigenvalue weighted by atomic mass is 10.1. The number of hydrogen-bond donors (Lipinski definition) is 1. The molecule has 1 N–H and O–H groups in total. The van der Waals surface area contributed by atoms with Crippen molar-refractivity contribution < 1.29 is 9.21 Å². The number of hydrogen-bond acceptors (Lipinski definition) is 3. The van der Waals surface area contributed by atoms with Gasteiger partial charge in [-0.25, -0.2) is 4.98 Å². The molecule has 4 heteroatoms. The van der Waals surface area contributed by atoms with Crippen LogP contribution < -0.4 is 5.32 Å². The minimum Gasteiger partial charge on any atom is -0.437 e. The summed E-state index contributed by atoms with van der Waals surface area (Å²) in [6.07, 6.45) is 6.45. The zero-order valence-electron chi connectivity index (χ0n) is 11.5. The van der Waals surface area contributed by atoms with Crippen LogP contribution in [0.2, 0.25) is 0 Å². The molecule has 2 atom stereocenters. The number of fused-ring (bicyclic) bond motifs is 1. The van der Waals surface area contributed by atoms with Crippen molar-refractivity contribution in [1.82, 2.24) is 10.3 Å². The van der Waals surface area contributed by atoms with Gasteiger partial charge in [-0.15, -0.1) is 0 Å². The number of aromatic nitrogens is 1. The molecule has 1 aliphatic rings. The first-order valence-electron chi connectivity index (χ1n) is 7.05. The fourth-order valence-corrected chi connectivity index (χ4v) is 2.70. The molecule has 1 aromatic heterocycles. The molecule has 0 bridgehead atoms. The Morgan fingerprint density at radius 2 is 2.25 bits per heavy atom. The van der Waals surface area contributed by atoms with E-state index in [9.17, 15) is 4.79 Å². The van der Waals surface area contributed by atoms with Crippen LogP contribution in [-0.4, -0.2) is 16.9 Å². The summed E-state index contributed by atoms with van der Waals surface area (Å²) >= 11 is 0. The fourth-order valence-electron chi connectivity index (χ4n) is 2.70. The molecular weight excluding hydrogens is 252 g/mol. The van der Waals surface area contributed by atoms with Crippen LogP contribution in [0.15, 0.2) is 34.8 Å². The number of carbonyl (C=O) groups is 1. The predicted octanol–water partition coefficient (Wildman–Crippen LogP) is 3.15. The highest BCUT2D eigenvalue weighted by atomic mass is 16.3. The van der Waals surface area contributed by atoms with E-state index < -0.39 is 0 Å². The number of rotatable bonds is 3. The Bertz CT molecular complexity index is 612. The van der Waals surface area contributed by atoms with Crippen molar-refractivity contribution in [1.29, 1.82) is 0 Å². The maximum atomic E-state index is 11.8. The molecule has 0 aliphatic heterocycles. The maximum Gasteiger partial charge on any atom is 0.244 e. The first-order chi connectivity index (χ1) is 9.70. The zero-order valence-corrected chi connectivity index (χ0v) is 11.5. The first kappa shape index (κ1) is 12.9. The number of nitrogens with zero attached hydrogens (tertiary/aromatic N) is 1. The molecule has 1 saturated carbocycles. The third-order valence-corrected chi connectivity index (χ3v) is 3.73. The Morgan fingerprint density at radius 1 is 1.40 bits per heavy atom. The van der Waals surface area contributed by atoms with Crippen LogP contribution in [0.1, 0.15) is 32.1 Å². The summed E-state index contributed by atoms with van der Waals surface area (Å²) in [5.74, 6) is 1.09. The smallest absolute Gasteiger partial charge is 0.244 e. The minimum absolute atomic E-state index is 0.0774.